The number of alkyl halides is 3. The van der Waals surface area contributed by atoms with Crippen LogP contribution >= 0.6 is 0 Å². The third kappa shape index (κ3) is 5.84. The van der Waals surface area contributed by atoms with Crippen LogP contribution in [0.4, 0.5) is 17.6 Å². The minimum Gasteiger partial charge on any atom is -0.459 e. The molecule has 3 saturated carbocycles. The summed E-state index contributed by atoms with van der Waals surface area (Å²) in [6.07, 6.45) is -0.537. The molecule has 0 saturated heterocycles. The van der Waals surface area contributed by atoms with Crippen LogP contribution in [-0.2, 0) is 30.0 Å². The number of benzene rings is 1. The third-order valence-electron chi connectivity index (χ3n) is 12.6. The van der Waals surface area contributed by atoms with Gasteiger partial charge in [-0.1, -0.05) is 44.1 Å². The summed E-state index contributed by atoms with van der Waals surface area (Å²) in [7, 11) is 0. The van der Waals surface area contributed by atoms with E-state index in [1.165, 1.54) is 19.9 Å². The van der Waals surface area contributed by atoms with E-state index in [4.69, 9.17) is 9.47 Å². The van der Waals surface area contributed by atoms with Crippen molar-refractivity contribution >= 4 is 23.8 Å². The molecule has 0 bridgehead atoms. The molecule has 1 aromatic carbocycles. The van der Waals surface area contributed by atoms with Crippen LogP contribution in [0.2, 0.25) is 0 Å². The summed E-state index contributed by atoms with van der Waals surface area (Å²) in [4.78, 5) is 39.0. The molecule has 3 fully saturated rings. The molecule has 0 radical (unpaired) electrons. The molecular formula is C38H46F4O8. The number of allylic oxidation sites excluding steroid dienone is 1. The number of ketones is 1. The van der Waals surface area contributed by atoms with Crippen LogP contribution in [0.3, 0.4) is 0 Å². The number of rotatable bonds is 7. The summed E-state index contributed by atoms with van der Waals surface area (Å²) in [5.41, 5.74) is -8.24. The lowest BCUT2D eigenvalue weighted by Gasteiger charge is -2.67. The molecule has 0 aliphatic heterocycles. The highest BCUT2D eigenvalue weighted by Gasteiger charge is 2.81. The molecule has 0 spiro atoms. The van der Waals surface area contributed by atoms with Crippen molar-refractivity contribution in [3.8, 4) is 0 Å². The molecule has 12 heteroatoms. The first kappa shape index (κ1) is 37.9. The Morgan fingerprint density at radius 1 is 1.00 bits per heavy atom. The predicted molar refractivity (Wildman–Crippen MR) is 174 cm³/mol. The van der Waals surface area contributed by atoms with E-state index in [0.717, 1.165) is 29.4 Å². The molecule has 3 N–H and O–H groups in total. The number of esters is 2. The number of carbonyl (C=O) groups is 3. The summed E-state index contributed by atoms with van der Waals surface area (Å²) in [5, 5.41) is 37.1. The topological polar surface area (TPSA) is 130 Å². The maximum absolute atomic E-state index is 13.7. The molecule has 8 nitrogen and oxygen atoms in total. The van der Waals surface area contributed by atoms with Crippen molar-refractivity contribution in [2.75, 3.05) is 0 Å². The van der Waals surface area contributed by atoms with Crippen molar-refractivity contribution in [2.24, 2.45) is 22.7 Å². The van der Waals surface area contributed by atoms with E-state index in [1.807, 2.05) is 26.8 Å². The van der Waals surface area contributed by atoms with Gasteiger partial charge in [0.1, 0.15) is 34.8 Å². The first-order valence-corrected chi connectivity index (χ1v) is 17.1. The molecule has 0 aromatic heterocycles. The van der Waals surface area contributed by atoms with Gasteiger partial charge in [0, 0.05) is 24.5 Å². The molecule has 50 heavy (non-hydrogen) atoms. The number of carbonyl (C=O) groups excluding carboxylic acids is 3. The zero-order valence-corrected chi connectivity index (χ0v) is 29.2. The fourth-order valence-electron chi connectivity index (χ4n) is 9.22. The van der Waals surface area contributed by atoms with E-state index in [9.17, 15) is 47.3 Å². The van der Waals surface area contributed by atoms with Gasteiger partial charge in [-0.25, -0.2) is 14.0 Å². The molecule has 4 aliphatic carbocycles. The molecule has 0 unspecified atom stereocenters. The molecule has 0 amide bonds. The van der Waals surface area contributed by atoms with Gasteiger partial charge in [0.2, 0.25) is 0 Å². The number of hydrogen-bond donors (Lipinski definition) is 3. The van der Waals surface area contributed by atoms with E-state index < -0.39 is 81.0 Å². The summed E-state index contributed by atoms with van der Waals surface area (Å²) < 4.78 is 64.7. The third-order valence-corrected chi connectivity index (χ3v) is 12.6. The van der Waals surface area contributed by atoms with Gasteiger partial charge < -0.3 is 24.8 Å². The fraction of sp³-hybridized carbons (Fsp3) is 0.605. The second kappa shape index (κ2) is 12.7. The molecule has 5 rings (SSSR count). The number of fused-ring (bicyclic) bond motifs is 5. The van der Waals surface area contributed by atoms with E-state index in [2.05, 4.69) is 0 Å². The van der Waals surface area contributed by atoms with Crippen molar-refractivity contribution in [1.82, 2.24) is 0 Å². The van der Waals surface area contributed by atoms with Crippen LogP contribution in [0.5, 0.6) is 0 Å². The Bertz CT molecular complexity index is 1660. The van der Waals surface area contributed by atoms with Crippen molar-refractivity contribution in [3.05, 3.63) is 64.5 Å². The molecule has 4 aliphatic rings. The molecule has 0 heterocycles. The van der Waals surface area contributed by atoms with Crippen molar-refractivity contribution < 1.29 is 56.7 Å². The zero-order valence-electron chi connectivity index (χ0n) is 29.2. The van der Waals surface area contributed by atoms with Crippen LogP contribution in [-0.4, -0.2) is 62.1 Å². The molecular weight excluding hydrogens is 660 g/mol. The maximum Gasteiger partial charge on any atom is 0.419 e. The summed E-state index contributed by atoms with van der Waals surface area (Å²) in [5.74, 6) is -4.10. The van der Waals surface area contributed by atoms with Gasteiger partial charge in [-0.2, -0.15) is 13.2 Å². The SMILES string of the molecule is CC(=O)[C@]1(O)CC[C@@]2(O)[C@]1(C)[C@H](OC(=O)/C=C(\C)C(C)C)C[C@@H]1[C@@]3(C)CC[C@H](OC(=O)/C=C/c4ccc(F)c(C(F)(F)F)c4)CC3=CC[C@]12O. The van der Waals surface area contributed by atoms with Gasteiger partial charge in [0.25, 0.3) is 0 Å². The minimum absolute atomic E-state index is 0.0254. The Morgan fingerprint density at radius 3 is 2.30 bits per heavy atom. The van der Waals surface area contributed by atoms with Crippen LogP contribution in [0.15, 0.2) is 47.6 Å². The first-order chi connectivity index (χ1) is 23.0. The number of hydrogen-bond acceptors (Lipinski definition) is 8. The Balaban J connectivity index is 1.41. The maximum atomic E-state index is 13.7. The highest BCUT2D eigenvalue weighted by Crippen LogP contribution is 2.71. The Morgan fingerprint density at radius 2 is 1.68 bits per heavy atom. The van der Waals surface area contributed by atoms with Crippen LogP contribution in [0, 0.1) is 28.5 Å². The number of aliphatic hydroxyl groups is 3. The lowest BCUT2D eigenvalue weighted by atomic mass is 9.42. The van der Waals surface area contributed by atoms with E-state index in [1.54, 1.807) is 6.92 Å². The predicted octanol–water partition coefficient (Wildman–Crippen LogP) is 6.41. The highest BCUT2D eigenvalue weighted by molar-refractivity contribution is 5.88. The minimum atomic E-state index is -4.90. The molecule has 1 aromatic rings. The summed E-state index contributed by atoms with van der Waals surface area (Å²) in [6.45, 7) is 10.3. The lowest BCUT2D eigenvalue weighted by molar-refractivity contribution is -0.314. The van der Waals surface area contributed by atoms with Gasteiger partial charge in [-0.05, 0) is 94.4 Å². The highest BCUT2D eigenvalue weighted by atomic mass is 19.4. The Kier molecular flexibility index (Phi) is 9.63. The summed E-state index contributed by atoms with van der Waals surface area (Å²) >= 11 is 0. The fourth-order valence-corrected chi connectivity index (χ4v) is 9.22. The van der Waals surface area contributed by atoms with Gasteiger partial charge in [0.05, 0.1) is 11.0 Å². The zero-order chi connectivity index (χ0) is 37.2. The second-order valence-corrected chi connectivity index (χ2v) is 15.4. The second-order valence-electron chi connectivity index (χ2n) is 15.4. The average Bonchev–Trinajstić information content (AvgIpc) is 3.25. The smallest absolute Gasteiger partial charge is 0.419 e. The van der Waals surface area contributed by atoms with Gasteiger partial charge in [-0.3, -0.25) is 4.79 Å². The molecule has 8 atom stereocenters. The van der Waals surface area contributed by atoms with Gasteiger partial charge in [-0.15, -0.1) is 0 Å². The normalized spacial score (nSPS) is 37.1. The number of ether oxygens (including phenoxy) is 2. The number of halogens is 4. The van der Waals surface area contributed by atoms with Crippen LogP contribution < -0.4 is 0 Å². The average molecular weight is 707 g/mol. The lowest BCUT2D eigenvalue weighted by Crippen LogP contribution is -2.78. The number of Topliss-reactive ketones (excluding diaryl/α,β-unsaturated/α-hetero) is 1. The van der Waals surface area contributed by atoms with Gasteiger partial charge in [0.15, 0.2) is 5.78 Å². The van der Waals surface area contributed by atoms with Crippen molar-refractivity contribution in [1.29, 1.82) is 0 Å². The van der Waals surface area contributed by atoms with Gasteiger partial charge >= 0.3 is 18.1 Å². The van der Waals surface area contributed by atoms with E-state index in [-0.39, 0.29) is 43.6 Å². The largest absolute Gasteiger partial charge is 0.459 e. The van der Waals surface area contributed by atoms with Crippen LogP contribution in [0.1, 0.15) is 97.6 Å². The summed E-state index contributed by atoms with van der Waals surface area (Å²) in [6, 6.07) is 2.40. The standard InChI is InChI=1S/C38H46F4O8/c1-21(2)22(3)17-32(45)50-30-20-29-33(5)13-12-26(49-31(44)10-8-24-7-9-28(39)27(18-24)38(40,41)42)19-25(33)11-14-36(29,47)37(48)16-15-35(46,23(4)43)34(30,37)6/h7-11,17-18,21,26,29-30,46-48H,12-16,19-20H2,1-6H3/b10-8+,22-17+/t26-,29+,30+,33-,34+,35+,36-,37+/m0/s1. The molecule has 274 valence electrons. The Labute approximate surface area is 289 Å². The Hall–Kier alpha value is -3.35. The van der Waals surface area contributed by atoms with Crippen molar-refractivity contribution in [2.45, 2.75) is 122 Å². The van der Waals surface area contributed by atoms with E-state index >= 15 is 0 Å². The van der Waals surface area contributed by atoms with Crippen molar-refractivity contribution in [3.63, 3.8) is 0 Å². The quantitative estimate of drug-likeness (QED) is 0.129. The van der Waals surface area contributed by atoms with Crippen LogP contribution in [0.25, 0.3) is 6.08 Å². The monoisotopic (exact) mass is 706 g/mol. The first-order valence-electron chi connectivity index (χ1n) is 17.1. The van der Waals surface area contributed by atoms with E-state index in [0.29, 0.717) is 25.0 Å².